The molecule has 2 aliphatic rings. The lowest BCUT2D eigenvalue weighted by molar-refractivity contribution is -0.140. The van der Waals surface area contributed by atoms with E-state index in [0.717, 1.165) is 5.56 Å². The maximum atomic E-state index is 13.2. The van der Waals surface area contributed by atoms with Crippen molar-refractivity contribution in [1.29, 1.82) is 0 Å². The number of ether oxygens (including phenoxy) is 3. The van der Waals surface area contributed by atoms with Gasteiger partial charge >= 0.3 is 0 Å². The molecule has 2 aliphatic heterocycles. The number of Topliss-reactive ketones (excluding diaryl/α,β-unsaturated/α-hetero) is 1. The molecule has 1 fully saturated rings. The molecule has 8 nitrogen and oxygen atoms in total. The molecule has 1 N–H and O–H groups in total. The number of benzene rings is 2. The fraction of sp³-hybridized carbons (Fsp3) is 0.192. The van der Waals surface area contributed by atoms with E-state index >= 15 is 0 Å². The normalized spacial score (nSPS) is 18.7. The highest BCUT2D eigenvalue weighted by atomic mass is 16.6. The summed E-state index contributed by atoms with van der Waals surface area (Å²) >= 11 is 0. The fourth-order valence-corrected chi connectivity index (χ4v) is 4.24. The number of carbonyl (C=O) groups is 2. The minimum Gasteiger partial charge on any atom is -0.507 e. The van der Waals surface area contributed by atoms with E-state index in [1.807, 2.05) is 6.07 Å². The number of likely N-dealkylation sites (tertiary alicyclic amines) is 1. The fourth-order valence-electron chi connectivity index (χ4n) is 4.24. The van der Waals surface area contributed by atoms with E-state index in [9.17, 15) is 14.7 Å². The molecule has 3 heterocycles. The van der Waals surface area contributed by atoms with Crippen LogP contribution >= 0.6 is 0 Å². The van der Waals surface area contributed by atoms with Crippen molar-refractivity contribution in [2.45, 2.75) is 12.6 Å². The lowest BCUT2D eigenvalue weighted by Crippen LogP contribution is -2.29. The highest BCUT2D eigenvalue weighted by Gasteiger charge is 2.46. The molecular formula is C26H22N2O6. The van der Waals surface area contributed by atoms with E-state index < -0.39 is 17.7 Å². The van der Waals surface area contributed by atoms with Crippen molar-refractivity contribution in [2.75, 3.05) is 20.3 Å². The van der Waals surface area contributed by atoms with E-state index in [1.165, 1.54) is 4.90 Å². The zero-order valence-corrected chi connectivity index (χ0v) is 18.4. The van der Waals surface area contributed by atoms with Crippen molar-refractivity contribution in [2.24, 2.45) is 0 Å². The van der Waals surface area contributed by atoms with Crippen LogP contribution in [0.2, 0.25) is 0 Å². The first kappa shape index (κ1) is 21.5. The number of methoxy groups -OCH3 is 1. The summed E-state index contributed by atoms with van der Waals surface area (Å²) in [7, 11) is 1.54. The van der Waals surface area contributed by atoms with Crippen LogP contribution in [0.15, 0.2) is 72.6 Å². The molecule has 0 aliphatic carbocycles. The van der Waals surface area contributed by atoms with Crippen LogP contribution in [0.5, 0.6) is 17.2 Å². The minimum absolute atomic E-state index is 0.00109. The van der Waals surface area contributed by atoms with Gasteiger partial charge in [-0.2, -0.15) is 0 Å². The Bertz CT molecular complexity index is 1290. The van der Waals surface area contributed by atoms with Crippen LogP contribution in [0, 0.1) is 0 Å². The van der Waals surface area contributed by atoms with Crippen LogP contribution in [-0.4, -0.2) is 47.0 Å². The largest absolute Gasteiger partial charge is 0.507 e. The zero-order chi connectivity index (χ0) is 23.7. The molecule has 3 aromatic rings. The minimum atomic E-state index is -0.816. The summed E-state index contributed by atoms with van der Waals surface area (Å²) in [5, 5.41) is 11.3. The van der Waals surface area contributed by atoms with Crippen LogP contribution in [0.25, 0.3) is 5.76 Å². The molecular weight excluding hydrogens is 436 g/mol. The number of rotatable bonds is 5. The van der Waals surface area contributed by atoms with Gasteiger partial charge in [-0.15, -0.1) is 0 Å². The molecule has 0 saturated carbocycles. The second-order valence-corrected chi connectivity index (χ2v) is 7.92. The van der Waals surface area contributed by atoms with Crippen molar-refractivity contribution < 1.29 is 28.9 Å². The topological polar surface area (TPSA) is 98.2 Å². The van der Waals surface area contributed by atoms with Crippen molar-refractivity contribution in [3.8, 4) is 17.2 Å². The van der Waals surface area contributed by atoms with Gasteiger partial charge in [-0.25, -0.2) is 0 Å². The van der Waals surface area contributed by atoms with E-state index in [4.69, 9.17) is 14.2 Å². The standard InChI is InChI=1S/C26H22N2O6/c1-32-19-6-2-5-17(12-19)23-22(24(29)18-7-8-20-21(13-18)34-11-10-33-20)25(30)26(31)28(23)15-16-4-3-9-27-14-16/h2-9,12-14,23,29H,10-11,15H2,1H3/b24-22+/t23-/m1/s1. The zero-order valence-electron chi connectivity index (χ0n) is 18.4. The Balaban J connectivity index is 1.64. The number of nitrogens with zero attached hydrogens (tertiary/aromatic N) is 2. The first-order valence-corrected chi connectivity index (χ1v) is 10.8. The number of hydrogen-bond acceptors (Lipinski definition) is 7. The SMILES string of the molecule is COc1cccc([C@@H]2/C(=C(\O)c3ccc4c(c3)OCCO4)C(=O)C(=O)N2Cc2cccnc2)c1. The summed E-state index contributed by atoms with van der Waals surface area (Å²) in [6, 6.07) is 14.8. The number of aromatic nitrogens is 1. The quantitative estimate of drug-likeness (QED) is 0.355. The van der Waals surface area contributed by atoms with E-state index in [2.05, 4.69) is 4.98 Å². The van der Waals surface area contributed by atoms with Crippen molar-refractivity contribution in [1.82, 2.24) is 9.88 Å². The lowest BCUT2D eigenvalue weighted by atomic mass is 9.95. The molecule has 34 heavy (non-hydrogen) atoms. The Morgan fingerprint density at radius 3 is 2.68 bits per heavy atom. The summed E-state index contributed by atoms with van der Waals surface area (Å²) in [6.45, 7) is 0.975. The predicted molar refractivity (Wildman–Crippen MR) is 123 cm³/mol. The third kappa shape index (κ3) is 3.83. The third-order valence-electron chi connectivity index (χ3n) is 5.84. The molecule has 1 saturated heterocycles. The predicted octanol–water partition coefficient (Wildman–Crippen LogP) is 3.48. The van der Waals surface area contributed by atoms with Gasteiger partial charge in [0.25, 0.3) is 11.7 Å². The second kappa shape index (κ2) is 8.90. The molecule has 0 unspecified atom stereocenters. The monoisotopic (exact) mass is 458 g/mol. The first-order valence-electron chi connectivity index (χ1n) is 10.8. The summed E-state index contributed by atoms with van der Waals surface area (Å²) in [6.07, 6.45) is 3.28. The van der Waals surface area contributed by atoms with Crippen LogP contribution in [0.3, 0.4) is 0 Å². The number of ketones is 1. The van der Waals surface area contributed by atoms with E-state index in [-0.39, 0.29) is 17.9 Å². The smallest absolute Gasteiger partial charge is 0.295 e. The molecule has 172 valence electrons. The molecule has 1 aromatic heterocycles. The molecule has 1 atom stereocenters. The first-order chi connectivity index (χ1) is 16.6. The van der Waals surface area contributed by atoms with Crippen LogP contribution in [-0.2, 0) is 16.1 Å². The van der Waals surface area contributed by atoms with Gasteiger partial charge in [0.2, 0.25) is 0 Å². The van der Waals surface area contributed by atoms with Gasteiger partial charge in [0.1, 0.15) is 24.7 Å². The molecule has 0 radical (unpaired) electrons. The van der Waals surface area contributed by atoms with Gasteiger partial charge in [0.05, 0.1) is 18.7 Å². The van der Waals surface area contributed by atoms with Crippen molar-refractivity contribution >= 4 is 17.4 Å². The lowest BCUT2D eigenvalue weighted by Gasteiger charge is -2.25. The number of aliphatic hydroxyl groups excluding tert-OH is 1. The number of carbonyl (C=O) groups excluding carboxylic acids is 2. The van der Waals surface area contributed by atoms with Crippen molar-refractivity contribution in [3.05, 3.63) is 89.3 Å². The average molecular weight is 458 g/mol. The van der Waals surface area contributed by atoms with Crippen LogP contribution < -0.4 is 14.2 Å². The second-order valence-electron chi connectivity index (χ2n) is 7.92. The molecule has 0 spiro atoms. The molecule has 1 amide bonds. The summed E-state index contributed by atoms with van der Waals surface area (Å²) in [4.78, 5) is 31.9. The molecule has 0 bridgehead atoms. The summed E-state index contributed by atoms with van der Waals surface area (Å²) < 4.78 is 16.5. The Hall–Kier alpha value is -4.33. The van der Waals surface area contributed by atoms with Gasteiger partial charge < -0.3 is 24.2 Å². The van der Waals surface area contributed by atoms with Gasteiger partial charge in [0.15, 0.2) is 11.5 Å². The van der Waals surface area contributed by atoms with Gasteiger partial charge in [-0.3, -0.25) is 14.6 Å². The average Bonchev–Trinajstić information content (AvgIpc) is 3.13. The van der Waals surface area contributed by atoms with E-state index in [0.29, 0.717) is 41.6 Å². The number of hydrogen-bond donors (Lipinski definition) is 1. The Morgan fingerprint density at radius 2 is 1.91 bits per heavy atom. The van der Waals surface area contributed by atoms with Crippen molar-refractivity contribution in [3.63, 3.8) is 0 Å². The number of pyridine rings is 1. The Kier molecular flexibility index (Phi) is 5.63. The Morgan fingerprint density at radius 1 is 1.09 bits per heavy atom. The summed E-state index contributed by atoms with van der Waals surface area (Å²) in [5.41, 5.74) is 1.76. The van der Waals surface area contributed by atoms with Gasteiger partial charge in [-0.1, -0.05) is 18.2 Å². The number of fused-ring (bicyclic) bond motifs is 1. The Labute approximate surface area is 196 Å². The van der Waals surface area contributed by atoms with Gasteiger partial charge in [-0.05, 0) is 47.5 Å². The maximum Gasteiger partial charge on any atom is 0.295 e. The molecule has 2 aromatic carbocycles. The maximum absolute atomic E-state index is 13.2. The molecule has 8 heteroatoms. The van der Waals surface area contributed by atoms with E-state index in [1.54, 1.807) is 68.0 Å². The summed E-state index contributed by atoms with van der Waals surface area (Å²) in [5.74, 6) is -0.137. The van der Waals surface area contributed by atoms with Crippen LogP contribution in [0.1, 0.15) is 22.7 Å². The third-order valence-corrected chi connectivity index (χ3v) is 5.84. The number of amides is 1. The highest BCUT2D eigenvalue weighted by molar-refractivity contribution is 6.46. The molecule has 5 rings (SSSR count). The van der Waals surface area contributed by atoms with Crippen LogP contribution in [0.4, 0.5) is 0 Å². The number of aliphatic hydroxyl groups is 1. The highest BCUT2D eigenvalue weighted by Crippen LogP contribution is 2.42. The van der Waals surface area contributed by atoms with Gasteiger partial charge in [0, 0.05) is 24.5 Å².